The number of aryl methyl sites for hydroxylation is 1. The molecule has 1 fully saturated rings. The van der Waals surface area contributed by atoms with Gasteiger partial charge in [0.15, 0.2) is 0 Å². The number of aromatic nitrogens is 2. The molecule has 0 spiro atoms. The van der Waals surface area contributed by atoms with Gasteiger partial charge in [-0.2, -0.15) is 0 Å². The van der Waals surface area contributed by atoms with Gasteiger partial charge < -0.3 is 10.6 Å². The average molecular weight is 262 g/mol. The second-order valence-corrected chi connectivity index (χ2v) is 5.61. The minimum absolute atomic E-state index is 0.544. The van der Waals surface area contributed by atoms with Crippen molar-refractivity contribution in [2.75, 3.05) is 23.7 Å². The van der Waals surface area contributed by atoms with Crippen molar-refractivity contribution >= 4 is 11.6 Å². The number of nitrogens with zero attached hydrogens (tertiary/aromatic N) is 3. The molecule has 1 aliphatic heterocycles. The SMILES string of the molecule is CCc1nc(N)cc(N2CCC(CC)(CC)CC2)n1. The van der Waals surface area contributed by atoms with Crippen LogP contribution < -0.4 is 10.6 Å². The summed E-state index contributed by atoms with van der Waals surface area (Å²) in [6.07, 6.45) is 5.91. The molecule has 1 aromatic heterocycles. The molecule has 4 nitrogen and oxygen atoms in total. The fraction of sp³-hybridized carbons (Fsp3) is 0.733. The quantitative estimate of drug-likeness (QED) is 0.906. The van der Waals surface area contributed by atoms with Crippen LogP contribution in [0.1, 0.15) is 52.3 Å². The molecule has 0 amide bonds. The highest BCUT2D eigenvalue weighted by Gasteiger charge is 2.31. The van der Waals surface area contributed by atoms with E-state index in [1.165, 1.54) is 25.7 Å². The van der Waals surface area contributed by atoms with Crippen molar-refractivity contribution in [3.63, 3.8) is 0 Å². The zero-order valence-corrected chi connectivity index (χ0v) is 12.4. The van der Waals surface area contributed by atoms with Crippen molar-refractivity contribution < 1.29 is 0 Å². The van der Waals surface area contributed by atoms with Gasteiger partial charge in [0.25, 0.3) is 0 Å². The summed E-state index contributed by atoms with van der Waals surface area (Å²) in [7, 11) is 0. The van der Waals surface area contributed by atoms with E-state index in [0.29, 0.717) is 11.2 Å². The van der Waals surface area contributed by atoms with Crippen LogP contribution in [-0.4, -0.2) is 23.1 Å². The zero-order valence-electron chi connectivity index (χ0n) is 12.4. The highest BCUT2D eigenvalue weighted by molar-refractivity contribution is 5.47. The van der Waals surface area contributed by atoms with E-state index < -0.39 is 0 Å². The molecule has 2 heterocycles. The Morgan fingerprint density at radius 3 is 2.32 bits per heavy atom. The number of nitrogens with two attached hydrogens (primary N) is 1. The molecule has 0 aromatic carbocycles. The minimum atomic E-state index is 0.544. The molecule has 0 bridgehead atoms. The lowest BCUT2D eigenvalue weighted by molar-refractivity contribution is 0.199. The smallest absolute Gasteiger partial charge is 0.134 e. The molecule has 0 radical (unpaired) electrons. The molecular weight excluding hydrogens is 236 g/mol. The van der Waals surface area contributed by atoms with E-state index in [2.05, 4.69) is 35.6 Å². The molecule has 2 N–H and O–H groups in total. The molecule has 106 valence electrons. The lowest BCUT2D eigenvalue weighted by atomic mass is 9.74. The topological polar surface area (TPSA) is 55.0 Å². The summed E-state index contributed by atoms with van der Waals surface area (Å²) in [4.78, 5) is 11.2. The van der Waals surface area contributed by atoms with Gasteiger partial charge in [0.1, 0.15) is 17.5 Å². The van der Waals surface area contributed by atoms with Crippen LogP contribution in [0.3, 0.4) is 0 Å². The standard InChI is InChI=1S/C15H26N4/c1-4-13-17-12(16)11-14(18-13)19-9-7-15(5-2,6-3)8-10-19/h11H,4-10H2,1-3H3,(H2,16,17,18). The highest BCUT2D eigenvalue weighted by atomic mass is 15.2. The lowest BCUT2D eigenvalue weighted by Gasteiger charge is -2.41. The van der Waals surface area contributed by atoms with Gasteiger partial charge in [0, 0.05) is 25.6 Å². The van der Waals surface area contributed by atoms with Crippen molar-refractivity contribution in [2.45, 2.75) is 52.9 Å². The molecule has 0 aliphatic carbocycles. The van der Waals surface area contributed by atoms with Gasteiger partial charge in [-0.3, -0.25) is 0 Å². The molecule has 2 rings (SSSR count). The molecule has 19 heavy (non-hydrogen) atoms. The van der Waals surface area contributed by atoms with E-state index in [1.807, 2.05) is 6.07 Å². The van der Waals surface area contributed by atoms with Crippen LogP contribution in [0.5, 0.6) is 0 Å². The van der Waals surface area contributed by atoms with Gasteiger partial charge in [-0.1, -0.05) is 33.6 Å². The van der Waals surface area contributed by atoms with Crippen LogP contribution in [-0.2, 0) is 6.42 Å². The largest absolute Gasteiger partial charge is 0.384 e. The molecule has 0 atom stereocenters. The van der Waals surface area contributed by atoms with Crippen molar-refractivity contribution in [2.24, 2.45) is 5.41 Å². The van der Waals surface area contributed by atoms with Crippen LogP contribution in [0.15, 0.2) is 6.07 Å². The predicted molar refractivity (Wildman–Crippen MR) is 80.3 cm³/mol. The summed E-state index contributed by atoms with van der Waals surface area (Å²) in [5.41, 5.74) is 6.41. The lowest BCUT2D eigenvalue weighted by Crippen LogP contribution is -2.40. The average Bonchev–Trinajstić information content (AvgIpc) is 2.46. The summed E-state index contributed by atoms with van der Waals surface area (Å²) < 4.78 is 0. The molecule has 1 saturated heterocycles. The number of anilines is 2. The molecule has 0 unspecified atom stereocenters. The number of hydrogen-bond acceptors (Lipinski definition) is 4. The van der Waals surface area contributed by atoms with E-state index in [1.54, 1.807) is 0 Å². The minimum Gasteiger partial charge on any atom is -0.384 e. The summed E-state index contributed by atoms with van der Waals surface area (Å²) in [5, 5.41) is 0. The summed E-state index contributed by atoms with van der Waals surface area (Å²) in [5.74, 6) is 2.44. The second-order valence-electron chi connectivity index (χ2n) is 5.61. The monoisotopic (exact) mass is 262 g/mol. The maximum Gasteiger partial charge on any atom is 0.134 e. The third-order valence-corrected chi connectivity index (χ3v) is 4.74. The second kappa shape index (κ2) is 5.76. The van der Waals surface area contributed by atoms with Gasteiger partial charge >= 0.3 is 0 Å². The summed E-state index contributed by atoms with van der Waals surface area (Å²) in [6.45, 7) is 8.87. The van der Waals surface area contributed by atoms with Gasteiger partial charge in [-0.25, -0.2) is 9.97 Å². The first-order valence-electron chi connectivity index (χ1n) is 7.51. The highest BCUT2D eigenvalue weighted by Crippen LogP contribution is 2.38. The van der Waals surface area contributed by atoms with Crippen molar-refractivity contribution in [3.8, 4) is 0 Å². The first-order chi connectivity index (χ1) is 9.12. The molecular formula is C15H26N4. The molecule has 1 aliphatic rings. The van der Waals surface area contributed by atoms with Gasteiger partial charge in [-0.15, -0.1) is 0 Å². The molecule has 0 saturated carbocycles. The summed E-state index contributed by atoms with van der Waals surface area (Å²) >= 11 is 0. The van der Waals surface area contributed by atoms with Gasteiger partial charge in [0.2, 0.25) is 0 Å². The Bertz CT molecular complexity index is 416. The van der Waals surface area contributed by atoms with E-state index in [-0.39, 0.29) is 0 Å². The Balaban J connectivity index is 2.11. The number of hydrogen-bond donors (Lipinski definition) is 1. The normalized spacial score (nSPS) is 18.6. The van der Waals surface area contributed by atoms with E-state index in [0.717, 1.165) is 31.2 Å². The Hall–Kier alpha value is -1.32. The van der Waals surface area contributed by atoms with Crippen LogP contribution >= 0.6 is 0 Å². The van der Waals surface area contributed by atoms with E-state index in [9.17, 15) is 0 Å². The Kier molecular flexibility index (Phi) is 4.27. The fourth-order valence-electron chi connectivity index (χ4n) is 2.99. The maximum atomic E-state index is 5.87. The number of rotatable bonds is 4. The zero-order chi connectivity index (χ0) is 13.9. The van der Waals surface area contributed by atoms with E-state index in [4.69, 9.17) is 5.73 Å². The summed E-state index contributed by atoms with van der Waals surface area (Å²) in [6, 6.07) is 1.91. The maximum absolute atomic E-state index is 5.87. The van der Waals surface area contributed by atoms with Crippen LogP contribution in [0.25, 0.3) is 0 Å². The van der Waals surface area contributed by atoms with E-state index >= 15 is 0 Å². The van der Waals surface area contributed by atoms with Crippen molar-refractivity contribution in [3.05, 3.63) is 11.9 Å². The first kappa shape index (κ1) is 14.1. The third kappa shape index (κ3) is 2.99. The van der Waals surface area contributed by atoms with Crippen LogP contribution in [0.2, 0.25) is 0 Å². The van der Waals surface area contributed by atoms with Crippen molar-refractivity contribution in [1.82, 2.24) is 9.97 Å². The fourth-order valence-corrected chi connectivity index (χ4v) is 2.99. The Morgan fingerprint density at radius 1 is 1.16 bits per heavy atom. The third-order valence-electron chi connectivity index (χ3n) is 4.74. The first-order valence-corrected chi connectivity index (χ1v) is 7.51. The molecule has 1 aromatic rings. The molecule has 4 heteroatoms. The van der Waals surface area contributed by atoms with Gasteiger partial charge in [0.05, 0.1) is 0 Å². The predicted octanol–water partition coefficient (Wildman–Crippen LogP) is 3.03. The Labute approximate surface area is 116 Å². The Morgan fingerprint density at radius 2 is 1.79 bits per heavy atom. The van der Waals surface area contributed by atoms with Gasteiger partial charge in [-0.05, 0) is 18.3 Å². The van der Waals surface area contributed by atoms with Crippen molar-refractivity contribution in [1.29, 1.82) is 0 Å². The number of nitrogen functional groups attached to an aromatic ring is 1. The number of piperidine rings is 1. The van der Waals surface area contributed by atoms with Crippen LogP contribution in [0, 0.1) is 5.41 Å². The van der Waals surface area contributed by atoms with Crippen LogP contribution in [0.4, 0.5) is 11.6 Å².